The lowest BCUT2D eigenvalue weighted by Gasteiger charge is -2.12. The van der Waals surface area contributed by atoms with Crippen LogP contribution in [0.25, 0.3) is 11.1 Å². The van der Waals surface area contributed by atoms with E-state index in [2.05, 4.69) is 4.98 Å². The Morgan fingerprint density at radius 3 is 2.24 bits per heavy atom. The van der Waals surface area contributed by atoms with E-state index in [4.69, 9.17) is 11.6 Å². The van der Waals surface area contributed by atoms with Crippen molar-refractivity contribution >= 4 is 11.6 Å². The van der Waals surface area contributed by atoms with Gasteiger partial charge in [0.25, 0.3) is 0 Å². The van der Waals surface area contributed by atoms with Crippen molar-refractivity contribution in [1.82, 2.24) is 4.98 Å². The molecular formula is C12H7ClF3N. The Morgan fingerprint density at radius 2 is 1.65 bits per heavy atom. The van der Waals surface area contributed by atoms with Gasteiger partial charge in [-0.2, -0.15) is 13.2 Å². The second kappa shape index (κ2) is 4.37. The molecule has 0 spiro atoms. The molecule has 2 aromatic rings. The lowest BCUT2D eigenvalue weighted by molar-refractivity contribution is -0.137. The number of hydrogen-bond donors (Lipinski definition) is 0. The van der Waals surface area contributed by atoms with E-state index in [1.165, 1.54) is 18.5 Å². The molecule has 0 unspecified atom stereocenters. The Balaban J connectivity index is 2.58. The zero-order valence-electron chi connectivity index (χ0n) is 8.50. The van der Waals surface area contributed by atoms with Gasteiger partial charge in [-0.1, -0.05) is 23.7 Å². The topological polar surface area (TPSA) is 12.9 Å². The van der Waals surface area contributed by atoms with Gasteiger partial charge >= 0.3 is 6.18 Å². The Hall–Kier alpha value is -1.55. The molecule has 1 nitrogen and oxygen atoms in total. The average Bonchev–Trinajstić information content (AvgIpc) is 2.29. The van der Waals surface area contributed by atoms with Crippen LogP contribution in [0.2, 0.25) is 5.02 Å². The highest BCUT2D eigenvalue weighted by Crippen LogP contribution is 2.39. The monoisotopic (exact) mass is 257 g/mol. The van der Waals surface area contributed by atoms with Gasteiger partial charge in [0.1, 0.15) is 0 Å². The molecule has 0 N–H and O–H groups in total. The highest BCUT2D eigenvalue weighted by atomic mass is 35.5. The molecule has 0 bridgehead atoms. The second-order valence-corrected chi connectivity index (χ2v) is 3.78. The van der Waals surface area contributed by atoms with Crippen LogP contribution < -0.4 is 0 Å². The van der Waals surface area contributed by atoms with Crippen LogP contribution in [0.3, 0.4) is 0 Å². The number of rotatable bonds is 1. The maximum atomic E-state index is 12.6. The fourth-order valence-electron chi connectivity index (χ4n) is 1.51. The summed E-state index contributed by atoms with van der Waals surface area (Å²) in [6.07, 6.45) is -1.43. The maximum absolute atomic E-state index is 12.6. The molecule has 0 aliphatic carbocycles. The van der Waals surface area contributed by atoms with Gasteiger partial charge < -0.3 is 0 Å². The summed E-state index contributed by atoms with van der Waals surface area (Å²) in [7, 11) is 0. The summed E-state index contributed by atoms with van der Waals surface area (Å²) in [6, 6.07) is 7.08. The summed E-state index contributed by atoms with van der Waals surface area (Å²) < 4.78 is 37.9. The molecule has 1 aromatic carbocycles. The van der Waals surface area contributed by atoms with Crippen LogP contribution in [0.5, 0.6) is 0 Å². The lowest BCUT2D eigenvalue weighted by Crippen LogP contribution is -2.06. The van der Waals surface area contributed by atoms with Crippen molar-refractivity contribution < 1.29 is 13.2 Å². The lowest BCUT2D eigenvalue weighted by atomic mass is 10.0. The van der Waals surface area contributed by atoms with Crippen molar-refractivity contribution in [2.24, 2.45) is 0 Å². The zero-order valence-corrected chi connectivity index (χ0v) is 9.26. The number of halogens is 4. The molecule has 0 saturated carbocycles. The maximum Gasteiger partial charge on any atom is 0.417 e. The van der Waals surface area contributed by atoms with E-state index < -0.39 is 11.7 Å². The van der Waals surface area contributed by atoms with Gasteiger partial charge in [-0.05, 0) is 23.8 Å². The summed E-state index contributed by atoms with van der Waals surface area (Å²) >= 11 is 5.79. The highest BCUT2D eigenvalue weighted by molar-refractivity contribution is 6.34. The van der Waals surface area contributed by atoms with Gasteiger partial charge in [0.05, 0.1) is 10.6 Å². The minimum Gasteiger partial charge on any atom is -0.265 e. The SMILES string of the molecule is FC(F)(F)c1cccc(-c2ccncc2)c1Cl. The number of benzene rings is 1. The Bertz CT molecular complexity index is 523. The molecule has 0 saturated heterocycles. The summed E-state index contributed by atoms with van der Waals surface area (Å²) in [4.78, 5) is 3.81. The Labute approximate surface area is 101 Å². The van der Waals surface area contributed by atoms with Crippen molar-refractivity contribution in [2.45, 2.75) is 6.18 Å². The van der Waals surface area contributed by atoms with Gasteiger partial charge in [-0.25, -0.2) is 0 Å². The second-order valence-electron chi connectivity index (χ2n) is 3.40. The number of hydrogen-bond acceptors (Lipinski definition) is 1. The van der Waals surface area contributed by atoms with E-state index in [0.717, 1.165) is 6.07 Å². The number of alkyl halides is 3. The van der Waals surface area contributed by atoms with E-state index in [1.807, 2.05) is 0 Å². The molecule has 0 atom stereocenters. The van der Waals surface area contributed by atoms with Crippen LogP contribution in [0.1, 0.15) is 5.56 Å². The van der Waals surface area contributed by atoms with E-state index in [-0.39, 0.29) is 5.02 Å². The first kappa shape index (κ1) is 11.9. The first-order valence-electron chi connectivity index (χ1n) is 4.76. The fraction of sp³-hybridized carbons (Fsp3) is 0.0833. The van der Waals surface area contributed by atoms with Crippen molar-refractivity contribution in [3.63, 3.8) is 0 Å². The molecule has 0 radical (unpaired) electrons. The van der Waals surface area contributed by atoms with E-state index in [0.29, 0.717) is 11.1 Å². The third kappa shape index (κ3) is 2.42. The smallest absolute Gasteiger partial charge is 0.265 e. The Morgan fingerprint density at radius 1 is 1.00 bits per heavy atom. The summed E-state index contributed by atoms with van der Waals surface area (Å²) in [5.41, 5.74) is 0.133. The van der Waals surface area contributed by atoms with Crippen LogP contribution in [0.4, 0.5) is 13.2 Å². The molecular weight excluding hydrogens is 251 g/mol. The van der Waals surface area contributed by atoms with Gasteiger partial charge in [-0.15, -0.1) is 0 Å². The molecule has 17 heavy (non-hydrogen) atoms. The van der Waals surface area contributed by atoms with E-state index in [9.17, 15) is 13.2 Å². The molecule has 1 aromatic heterocycles. The molecule has 0 aliphatic heterocycles. The number of pyridine rings is 1. The highest BCUT2D eigenvalue weighted by Gasteiger charge is 2.33. The molecule has 88 valence electrons. The Kier molecular flexibility index (Phi) is 3.07. The van der Waals surface area contributed by atoms with Gasteiger partial charge in [0, 0.05) is 18.0 Å². The molecule has 0 amide bonds. The average molecular weight is 258 g/mol. The van der Waals surface area contributed by atoms with Crippen molar-refractivity contribution in [3.8, 4) is 11.1 Å². The van der Waals surface area contributed by atoms with Crippen LogP contribution in [0.15, 0.2) is 42.7 Å². The quantitative estimate of drug-likeness (QED) is 0.737. The fourth-order valence-corrected chi connectivity index (χ4v) is 1.85. The molecule has 0 aliphatic rings. The normalized spacial score (nSPS) is 11.5. The predicted octanol–water partition coefficient (Wildman–Crippen LogP) is 4.42. The first-order valence-corrected chi connectivity index (χ1v) is 5.14. The van der Waals surface area contributed by atoms with Crippen molar-refractivity contribution in [1.29, 1.82) is 0 Å². The van der Waals surface area contributed by atoms with Gasteiger partial charge in [0.15, 0.2) is 0 Å². The number of aromatic nitrogens is 1. The van der Waals surface area contributed by atoms with Gasteiger partial charge in [0.2, 0.25) is 0 Å². The molecule has 1 heterocycles. The standard InChI is InChI=1S/C12H7ClF3N/c13-11-9(8-4-6-17-7-5-8)2-1-3-10(11)12(14,15)16/h1-7H. The van der Waals surface area contributed by atoms with Crippen LogP contribution in [-0.2, 0) is 6.18 Å². The number of nitrogens with zero attached hydrogens (tertiary/aromatic N) is 1. The summed E-state index contributed by atoms with van der Waals surface area (Å²) in [6.45, 7) is 0. The largest absolute Gasteiger partial charge is 0.417 e. The molecule has 0 fully saturated rings. The zero-order chi connectivity index (χ0) is 12.5. The minimum atomic E-state index is -4.44. The minimum absolute atomic E-state index is 0.286. The van der Waals surface area contributed by atoms with Crippen molar-refractivity contribution in [3.05, 3.63) is 53.3 Å². The van der Waals surface area contributed by atoms with Crippen LogP contribution >= 0.6 is 11.6 Å². The van der Waals surface area contributed by atoms with Crippen LogP contribution in [-0.4, -0.2) is 4.98 Å². The van der Waals surface area contributed by atoms with E-state index in [1.54, 1.807) is 18.2 Å². The first-order chi connectivity index (χ1) is 8.00. The van der Waals surface area contributed by atoms with Crippen LogP contribution in [0, 0.1) is 0 Å². The molecule has 2 rings (SSSR count). The van der Waals surface area contributed by atoms with Crippen molar-refractivity contribution in [2.75, 3.05) is 0 Å². The predicted molar refractivity (Wildman–Crippen MR) is 59.7 cm³/mol. The summed E-state index contributed by atoms with van der Waals surface area (Å²) in [5, 5.41) is -0.286. The summed E-state index contributed by atoms with van der Waals surface area (Å²) in [5.74, 6) is 0. The third-order valence-electron chi connectivity index (χ3n) is 2.30. The van der Waals surface area contributed by atoms with Gasteiger partial charge in [-0.3, -0.25) is 4.98 Å². The third-order valence-corrected chi connectivity index (χ3v) is 2.70. The van der Waals surface area contributed by atoms with E-state index >= 15 is 0 Å². The molecule has 5 heteroatoms.